The maximum absolute atomic E-state index is 12.2. The van der Waals surface area contributed by atoms with Gasteiger partial charge in [0.2, 0.25) is 0 Å². The van der Waals surface area contributed by atoms with Gasteiger partial charge in [-0.2, -0.15) is 13.2 Å². The van der Waals surface area contributed by atoms with Crippen LogP contribution in [0, 0.1) is 0 Å². The molecule has 1 saturated heterocycles. The first-order chi connectivity index (χ1) is 12.4. The number of nitrogens with zero attached hydrogens (tertiary/aromatic N) is 2. The first-order valence-electron chi connectivity index (χ1n) is 9.20. The number of hydrogen-bond donors (Lipinski definition) is 2. The standard InChI is InChI=1S/C19H29F3N4.HI/c1-15-5-3-4-12-26(15)14-17-8-6-16(7-9-17)13-25-18(23-2)24-11-10-19(20,21)22;/h6-9,15H,3-5,10-14H2,1-2H3,(H2,23,24,25);1H. The lowest BCUT2D eigenvalue weighted by molar-refractivity contribution is -0.132. The fourth-order valence-corrected chi connectivity index (χ4v) is 3.12. The summed E-state index contributed by atoms with van der Waals surface area (Å²) in [4.78, 5) is 6.46. The van der Waals surface area contributed by atoms with Crippen LogP contribution in [0.25, 0.3) is 0 Å². The summed E-state index contributed by atoms with van der Waals surface area (Å²) in [6, 6.07) is 8.99. The van der Waals surface area contributed by atoms with E-state index < -0.39 is 12.6 Å². The number of likely N-dealkylation sites (tertiary alicyclic amines) is 1. The second-order valence-electron chi connectivity index (χ2n) is 6.85. The van der Waals surface area contributed by atoms with E-state index in [9.17, 15) is 13.2 Å². The van der Waals surface area contributed by atoms with E-state index in [4.69, 9.17) is 0 Å². The third kappa shape index (κ3) is 9.14. The number of piperidine rings is 1. The van der Waals surface area contributed by atoms with Gasteiger partial charge in [-0.25, -0.2) is 0 Å². The molecule has 154 valence electrons. The van der Waals surface area contributed by atoms with E-state index >= 15 is 0 Å². The fraction of sp³-hybridized carbons (Fsp3) is 0.632. The van der Waals surface area contributed by atoms with Crippen molar-refractivity contribution >= 4 is 29.9 Å². The van der Waals surface area contributed by atoms with Gasteiger partial charge >= 0.3 is 6.18 Å². The van der Waals surface area contributed by atoms with Crippen LogP contribution in [-0.4, -0.2) is 43.2 Å². The lowest BCUT2D eigenvalue weighted by atomic mass is 10.0. The van der Waals surface area contributed by atoms with Gasteiger partial charge in [-0.1, -0.05) is 30.7 Å². The van der Waals surface area contributed by atoms with Crippen LogP contribution >= 0.6 is 24.0 Å². The van der Waals surface area contributed by atoms with E-state index in [1.807, 2.05) is 0 Å². The van der Waals surface area contributed by atoms with Crippen molar-refractivity contribution in [3.63, 3.8) is 0 Å². The summed E-state index contributed by atoms with van der Waals surface area (Å²) in [5.74, 6) is 0.375. The van der Waals surface area contributed by atoms with Crippen LogP contribution < -0.4 is 10.6 Å². The van der Waals surface area contributed by atoms with Gasteiger partial charge < -0.3 is 10.6 Å². The maximum Gasteiger partial charge on any atom is 0.390 e. The fourth-order valence-electron chi connectivity index (χ4n) is 3.12. The highest BCUT2D eigenvalue weighted by Crippen LogP contribution is 2.19. The molecular formula is C19H30F3IN4. The van der Waals surface area contributed by atoms with E-state index in [1.54, 1.807) is 7.05 Å². The number of guanidine groups is 1. The van der Waals surface area contributed by atoms with Gasteiger partial charge in [-0.05, 0) is 37.4 Å². The van der Waals surface area contributed by atoms with Crippen LogP contribution in [0.15, 0.2) is 29.3 Å². The number of benzene rings is 1. The maximum atomic E-state index is 12.2. The molecular weight excluding hydrogens is 468 g/mol. The van der Waals surface area contributed by atoms with Crippen LogP contribution in [0.4, 0.5) is 13.2 Å². The monoisotopic (exact) mass is 498 g/mol. The Bertz CT molecular complexity index is 575. The average Bonchev–Trinajstić information content (AvgIpc) is 2.60. The largest absolute Gasteiger partial charge is 0.390 e. The quantitative estimate of drug-likeness (QED) is 0.349. The van der Waals surface area contributed by atoms with Crippen LogP contribution in [0.3, 0.4) is 0 Å². The molecule has 1 aliphatic heterocycles. The number of aliphatic imine (C=N–C) groups is 1. The Hall–Kier alpha value is -1.03. The van der Waals surface area contributed by atoms with Crippen molar-refractivity contribution in [3.05, 3.63) is 35.4 Å². The molecule has 1 heterocycles. The lowest BCUT2D eigenvalue weighted by Crippen LogP contribution is -2.38. The van der Waals surface area contributed by atoms with Crippen molar-refractivity contribution in [2.24, 2.45) is 4.99 Å². The predicted octanol–water partition coefficient (Wildman–Crippen LogP) is 4.30. The topological polar surface area (TPSA) is 39.7 Å². The Morgan fingerprint density at radius 3 is 2.41 bits per heavy atom. The molecule has 0 aromatic heterocycles. The smallest absolute Gasteiger partial charge is 0.356 e. The van der Waals surface area contributed by atoms with E-state index in [0.29, 0.717) is 18.5 Å². The molecule has 1 aromatic rings. The SMILES string of the molecule is CN=C(NCCC(F)(F)F)NCc1ccc(CN2CCCCC2C)cc1.I. The summed E-state index contributed by atoms with van der Waals surface area (Å²) in [5.41, 5.74) is 2.36. The molecule has 1 unspecified atom stereocenters. The molecule has 2 N–H and O–H groups in total. The minimum atomic E-state index is -4.16. The Morgan fingerprint density at radius 2 is 1.81 bits per heavy atom. The Morgan fingerprint density at radius 1 is 1.15 bits per heavy atom. The van der Waals surface area contributed by atoms with Gasteiger partial charge in [-0.15, -0.1) is 24.0 Å². The van der Waals surface area contributed by atoms with Crippen LogP contribution in [0.1, 0.15) is 43.7 Å². The number of halogens is 4. The Balaban J connectivity index is 0.00000364. The number of alkyl halides is 3. The van der Waals surface area contributed by atoms with Gasteiger partial charge in [0.05, 0.1) is 6.42 Å². The number of rotatable bonds is 6. The molecule has 0 aliphatic carbocycles. The lowest BCUT2D eigenvalue weighted by Gasteiger charge is -2.33. The van der Waals surface area contributed by atoms with Crippen molar-refractivity contribution in [1.29, 1.82) is 0 Å². The molecule has 0 bridgehead atoms. The molecule has 1 aromatic carbocycles. The van der Waals surface area contributed by atoms with E-state index in [2.05, 4.69) is 51.7 Å². The number of nitrogens with one attached hydrogen (secondary N) is 2. The molecule has 1 aliphatic rings. The number of hydrogen-bond acceptors (Lipinski definition) is 2. The molecule has 4 nitrogen and oxygen atoms in total. The van der Waals surface area contributed by atoms with E-state index in [1.165, 1.54) is 24.8 Å². The van der Waals surface area contributed by atoms with E-state index in [0.717, 1.165) is 18.7 Å². The van der Waals surface area contributed by atoms with Crippen molar-refractivity contribution in [2.45, 2.75) is 57.9 Å². The normalized spacial score (nSPS) is 18.7. The Kier molecular flexibility index (Phi) is 10.4. The summed E-state index contributed by atoms with van der Waals surface area (Å²) in [6.45, 7) is 4.75. The third-order valence-corrected chi connectivity index (χ3v) is 4.73. The molecule has 0 amide bonds. The second kappa shape index (κ2) is 11.7. The van der Waals surface area contributed by atoms with Crippen molar-refractivity contribution in [3.8, 4) is 0 Å². The van der Waals surface area contributed by atoms with Gasteiger partial charge in [0, 0.05) is 32.7 Å². The average molecular weight is 498 g/mol. The first kappa shape index (κ1) is 24.0. The summed E-state index contributed by atoms with van der Waals surface area (Å²) >= 11 is 0. The zero-order valence-electron chi connectivity index (χ0n) is 16.0. The molecule has 0 radical (unpaired) electrons. The van der Waals surface area contributed by atoms with Gasteiger partial charge in [0.1, 0.15) is 0 Å². The van der Waals surface area contributed by atoms with Crippen molar-refractivity contribution in [1.82, 2.24) is 15.5 Å². The first-order valence-corrected chi connectivity index (χ1v) is 9.20. The highest BCUT2D eigenvalue weighted by Gasteiger charge is 2.26. The van der Waals surface area contributed by atoms with Crippen LogP contribution in [0.2, 0.25) is 0 Å². The predicted molar refractivity (Wildman–Crippen MR) is 114 cm³/mol. The second-order valence-corrected chi connectivity index (χ2v) is 6.85. The van der Waals surface area contributed by atoms with Crippen LogP contribution in [0.5, 0.6) is 0 Å². The van der Waals surface area contributed by atoms with E-state index in [-0.39, 0.29) is 30.5 Å². The van der Waals surface area contributed by atoms with Gasteiger partial charge in [0.25, 0.3) is 0 Å². The van der Waals surface area contributed by atoms with Gasteiger partial charge in [0.15, 0.2) is 5.96 Å². The Labute approximate surface area is 177 Å². The molecule has 8 heteroatoms. The molecule has 1 fully saturated rings. The summed E-state index contributed by atoms with van der Waals surface area (Å²) in [5, 5.41) is 5.72. The highest BCUT2D eigenvalue weighted by molar-refractivity contribution is 14.0. The van der Waals surface area contributed by atoms with Crippen molar-refractivity contribution < 1.29 is 13.2 Å². The summed E-state index contributed by atoms with van der Waals surface area (Å²) < 4.78 is 36.6. The molecule has 27 heavy (non-hydrogen) atoms. The van der Waals surface area contributed by atoms with Crippen molar-refractivity contribution in [2.75, 3.05) is 20.1 Å². The molecule has 0 spiro atoms. The van der Waals surface area contributed by atoms with Gasteiger partial charge in [-0.3, -0.25) is 9.89 Å². The highest BCUT2D eigenvalue weighted by atomic mass is 127. The zero-order valence-corrected chi connectivity index (χ0v) is 18.3. The summed E-state index contributed by atoms with van der Waals surface area (Å²) in [7, 11) is 1.55. The summed E-state index contributed by atoms with van der Waals surface area (Å²) in [6.07, 6.45) is -1.18. The molecule has 0 saturated carbocycles. The van der Waals surface area contributed by atoms with Crippen LogP contribution in [-0.2, 0) is 13.1 Å². The minimum Gasteiger partial charge on any atom is -0.356 e. The molecule has 1 atom stereocenters. The minimum absolute atomic E-state index is 0. The zero-order chi connectivity index (χ0) is 19.0. The molecule has 2 rings (SSSR count). The third-order valence-electron chi connectivity index (χ3n) is 4.73.